The van der Waals surface area contributed by atoms with E-state index < -0.39 is 5.92 Å². The minimum atomic E-state index is -1.01. The van der Waals surface area contributed by atoms with E-state index in [-0.39, 0.29) is 11.7 Å². The van der Waals surface area contributed by atoms with Crippen LogP contribution in [-0.4, -0.2) is 16.7 Å². The Labute approximate surface area is 165 Å². The van der Waals surface area contributed by atoms with E-state index in [0.29, 0.717) is 27.0 Å². The summed E-state index contributed by atoms with van der Waals surface area (Å²) in [7, 11) is 0. The first-order valence-electron chi connectivity index (χ1n) is 8.01. The number of carbonyl (C=O) groups excluding carboxylic acids is 2. The normalized spacial score (nSPS) is 11.4. The van der Waals surface area contributed by atoms with Gasteiger partial charge < -0.3 is 5.32 Å². The lowest BCUT2D eigenvalue weighted by molar-refractivity contribution is -0.114. The molecule has 0 bridgehead atoms. The van der Waals surface area contributed by atoms with Crippen LogP contribution in [0.15, 0.2) is 53.9 Å². The molecule has 1 amide bonds. The number of hydrogen-bond acceptors (Lipinski definition) is 5. The Morgan fingerprint density at radius 2 is 1.96 bits per heavy atom. The van der Waals surface area contributed by atoms with E-state index in [1.165, 1.54) is 18.3 Å². The maximum Gasteiger partial charge on any atom is 0.221 e. The molecule has 5 nitrogen and oxygen atoms in total. The van der Waals surface area contributed by atoms with Crippen LogP contribution in [-0.2, 0) is 4.79 Å². The average molecular weight is 396 g/mol. The first kappa shape index (κ1) is 18.8. The number of thiazole rings is 1. The fourth-order valence-corrected chi connectivity index (χ4v) is 3.51. The number of aromatic nitrogens is 1. The molecule has 27 heavy (non-hydrogen) atoms. The van der Waals surface area contributed by atoms with Gasteiger partial charge in [-0.1, -0.05) is 35.9 Å². The van der Waals surface area contributed by atoms with Gasteiger partial charge in [-0.05, 0) is 24.3 Å². The summed E-state index contributed by atoms with van der Waals surface area (Å²) in [5.41, 5.74) is 2.40. The van der Waals surface area contributed by atoms with Crippen LogP contribution >= 0.6 is 22.9 Å². The van der Waals surface area contributed by atoms with Crippen LogP contribution in [0.4, 0.5) is 5.69 Å². The average Bonchev–Trinajstić information content (AvgIpc) is 3.12. The minimum absolute atomic E-state index is 0.232. The summed E-state index contributed by atoms with van der Waals surface area (Å²) in [5, 5.41) is 15.0. The molecule has 0 aliphatic rings. The number of ketones is 1. The number of amides is 1. The van der Waals surface area contributed by atoms with Crippen LogP contribution < -0.4 is 5.32 Å². The van der Waals surface area contributed by atoms with E-state index >= 15 is 0 Å². The molecule has 0 fully saturated rings. The van der Waals surface area contributed by atoms with Crippen LogP contribution in [0.1, 0.15) is 28.2 Å². The molecule has 7 heteroatoms. The number of hydrogen-bond donors (Lipinski definition) is 1. The molecule has 0 radical (unpaired) electrons. The van der Waals surface area contributed by atoms with Crippen molar-refractivity contribution < 1.29 is 9.59 Å². The third kappa shape index (κ3) is 4.40. The molecule has 0 aliphatic carbocycles. The predicted octanol–water partition coefficient (Wildman–Crippen LogP) is 4.91. The summed E-state index contributed by atoms with van der Waals surface area (Å²) >= 11 is 7.16. The van der Waals surface area contributed by atoms with Gasteiger partial charge in [0.25, 0.3) is 0 Å². The van der Waals surface area contributed by atoms with Crippen LogP contribution in [0.2, 0.25) is 5.02 Å². The summed E-state index contributed by atoms with van der Waals surface area (Å²) in [4.78, 5) is 28.5. The third-order valence-electron chi connectivity index (χ3n) is 3.77. The molecule has 3 aromatic rings. The Hall–Kier alpha value is -3.01. The molecule has 1 unspecified atom stereocenters. The molecule has 2 aromatic carbocycles. The Balaban J connectivity index is 1.87. The number of anilines is 1. The fraction of sp³-hybridized carbons (Fsp3) is 0.100. The lowest BCUT2D eigenvalue weighted by Gasteiger charge is -2.08. The summed E-state index contributed by atoms with van der Waals surface area (Å²) in [6, 6.07) is 15.7. The molecule has 1 heterocycles. The highest BCUT2D eigenvalue weighted by molar-refractivity contribution is 7.10. The smallest absolute Gasteiger partial charge is 0.221 e. The molecular formula is C20H14ClN3O2S. The lowest BCUT2D eigenvalue weighted by Crippen LogP contribution is -2.12. The molecule has 0 aliphatic heterocycles. The van der Waals surface area contributed by atoms with E-state index in [0.717, 1.165) is 5.56 Å². The van der Waals surface area contributed by atoms with Crippen molar-refractivity contribution in [1.29, 1.82) is 5.26 Å². The zero-order valence-electron chi connectivity index (χ0n) is 14.3. The summed E-state index contributed by atoms with van der Waals surface area (Å²) in [5.74, 6) is -1.60. The van der Waals surface area contributed by atoms with Gasteiger partial charge in [-0.2, -0.15) is 5.26 Å². The van der Waals surface area contributed by atoms with Crippen LogP contribution in [0.3, 0.4) is 0 Å². The largest absolute Gasteiger partial charge is 0.326 e. The minimum Gasteiger partial charge on any atom is -0.326 e. The van der Waals surface area contributed by atoms with E-state index in [1.807, 2.05) is 23.6 Å². The van der Waals surface area contributed by atoms with Gasteiger partial charge in [0.2, 0.25) is 5.91 Å². The molecule has 1 N–H and O–H groups in total. The highest BCUT2D eigenvalue weighted by Crippen LogP contribution is 2.29. The monoisotopic (exact) mass is 395 g/mol. The van der Waals surface area contributed by atoms with Gasteiger partial charge in [-0.15, -0.1) is 11.3 Å². The number of nitrogens with zero attached hydrogens (tertiary/aromatic N) is 2. The Kier molecular flexibility index (Phi) is 5.65. The van der Waals surface area contributed by atoms with Crippen molar-refractivity contribution in [1.82, 2.24) is 4.98 Å². The summed E-state index contributed by atoms with van der Waals surface area (Å²) in [6.07, 6.45) is 0. The topological polar surface area (TPSA) is 82.9 Å². The van der Waals surface area contributed by atoms with Crippen molar-refractivity contribution in [2.75, 3.05) is 5.32 Å². The number of carbonyl (C=O) groups is 2. The van der Waals surface area contributed by atoms with Gasteiger partial charge in [-0.25, -0.2) is 4.98 Å². The molecule has 3 rings (SSSR count). The third-order valence-corrected chi connectivity index (χ3v) is 4.93. The van der Waals surface area contributed by atoms with E-state index in [2.05, 4.69) is 10.3 Å². The van der Waals surface area contributed by atoms with Crippen molar-refractivity contribution in [3.63, 3.8) is 0 Å². The zero-order chi connectivity index (χ0) is 19.4. The highest BCUT2D eigenvalue weighted by Gasteiger charge is 2.25. The van der Waals surface area contributed by atoms with Crippen LogP contribution in [0.25, 0.3) is 11.3 Å². The van der Waals surface area contributed by atoms with Crippen molar-refractivity contribution in [2.24, 2.45) is 0 Å². The first-order chi connectivity index (χ1) is 13.0. The number of halogens is 1. The number of nitrogens with one attached hydrogen (secondary N) is 1. The molecular weight excluding hydrogens is 382 g/mol. The number of benzene rings is 2. The number of rotatable bonds is 5. The maximum absolute atomic E-state index is 12.8. The maximum atomic E-state index is 12.8. The van der Waals surface area contributed by atoms with Gasteiger partial charge >= 0.3 is 0 Å². The second kappa shape index (κ2) is 8.12. The second-order valence-electron chi connectivity index (χ2n) is 5.77. The lowest BCUT2D eigenvalue weighted by atomic mass is 9.99. The first-order valence-corrected chi connectivity index (χ1v) is 9.26. The molecule has 0 saturated heterocycles. The van der Waals surface area contributed by atoms with Crippen LogP contribution in [0, 0.1) is 11.3 Å². The zero-order valence-corrected chi connectivity index (χ0v) is 15.8. The molecule has 0 spiro atoms. The molecule has 134 valence electrons. The van der Waals surface area contributed by atoms with Gasteiger partial charge in [0, 0.05) is 34.1 Å². The highest BCUT2D eigenvalue weighted by atomic mass is 35.5. The van der Waals surface area contributed by atoms with Crippen molar-refractivity contribution in [2.45, 2.75) is 12.8 Å². The molecule has 0 saturated carbocycles. The SMILES string of the molecule is CC(=O)Nc1cccc(C(=O)C(C#N)c2nc(-c3ccc(Cl)cc3)cs2)c1. The van der Waals surface area contributed by atoms with E-state index in [9.17, 15) is 14.9 Å². The predicted molar refractivity (Wildman–Crippen MR) is 106 cm³/mol. The van der Waals surface area contributed by atoms with Gasteiger partial charge in [0.15, 0.2) is 11.7 Å². The van der Waals surface area contributed by atoms with E-state index in [1.54, 1.807) is 36.4 Å². The quantitative estimate of drug-likeness (QED) is 0.622. The van der Waals surface area contributed by atoms with Crippen molar-refractivity contribution in [3.05, 3.63) is 69.5 Å². The molecule has 1 atom stereocenters. The summed E-state index contributed by atoms with van der Waals surface area (Å²) in [6.45, 7) is 1.39. The molecule has 1 aromatic heterocycles. The van der Waals surface area contributed by atoms with Crippen molar-refractivity contribution >= 4 is 40.3 Å². The van der Waals surface area contributed by atoms with E-state index in [4.69, 9.17) is 11.6 Å². The van der Waals surface area contributed by atoms with Gasteiger partial charge in [0.1, 0.15) is 5.01 Å². The number of Topliss-reactive ketones (excluding diaryl/α,β-unsaturated/α-hetero) is 1. The Morgan fingerprint density at radius 3 is 2.63 bits per heavy atom. The Bertz CT molecular complexity index is 1040. The van der Waals surface area contributed by atoms with Gasteiger partial charge in [-0.3, -0.25) is 9.59 Å². The number of nitriles is 1. The standard InChI is InChI=1S/C20H14ClN3O2S/c1-12(25)23-16-4-2-3-14(9-16)19(26)17(10-22)20-24-18(11-27-20)13-5-7-15(21)8-6-13/h2-9,11,17H,1H3,(H,23,25). The summed E-state index contributed by atoms with van der Waals surface area (Å²) < 4.78 is 0. The fourth-order valence-electron chi connectivity index (χ4n) is 2.52. The second-order valence-corrected chi connectivity index (χ2v) is 7.09. The Morgan fingerprint density at radius 1 is 1.22 bits per heavy atom. The van der Waals surface area contributed by atoms with Gasteiger partial charge in [0.05, 0.1) is 11.8 Å². The van der Waals surface area contributed by atoms with Crippen molar-refractivity contribution in [3.8, 4) is 17.3 Å². The van der Waals surface area contributed by atoms with Crippen LogP contribution in [0.5, 0.6) is 0 Å².